The van der Waals surface area contributed by atoms with Gasteiger partial charge in [0.2, 0.25) is 0 Å². The molecule has 13 heavy (non-hydrogen) atoms. The van der Waals surface area contributed by atoms with E-state index >= 15 is 0 Å². The molecule has 0 saturated carbocycles. The number of halogens is 2. The second-order valence-corrected chi connectivity index (χ2v) is 5.34. The summed E-state index contributed by atoms with van der Waals surface area (Å²) in [6, 6.07) is 4.41. The van der Waals surface area contributed by atoms with Gasteiger partial charge in [-0.2, -0.15) is 0 Å². The van der Waals surface area contributed by atoms with Gasteiger partial charge in [-0.15, -0.1) is 7.94 Å². The summed E-state index contributed by atoms with van der Waals surface area (Å²) in [6.07, 6.45) is 0. The van der Waals surface area contributed by atoms with Crippen LogP contribution in [0.15, 0.2) is 27.1 Å². The summed E-state index contributed by atoms with van der Waals surface area (Å²) in [5.41, 5.74) is 0. The van der Waals surface area contributed by atoms with Gasteiger partial charge < -0.3 is 14.7 Å². The van der Waals surface area contributed by atoms with Crippen LogP contribution in [0.2, 0.25) is 0 Å². The topological polar surface area (TPSA) is 69.2 Å². The van der Waals surface area contributed by atoms with Crippen molar-refractivity contribution in [3.63, 3.8) is 0 Å². The number of hydrogen-bond acceptors (Lipinski definition) is 3. The molecule has 0 fully saturated rings. The van der Waals surface area contributed by atoms with Gasteiger partial charge in [0, 0.05) is 4.47 Å². The van der Waals surface area contributed by atoms with Crippen molar-refractivity contribution in [1.29, 1.82) is 0 Å². The Balaban J connectivity index is 0.00000144. The smallest absolute Gasteiger partial charge is 0.683 e. The molecule has 0 atom stereocenters. The van der Waals surface area contributed by atoms with Gasteiger partial charge in [-0.25, -0.2) is 0 Å². The van der Waals surface area contributed by atoms with Crippen LogP contribution in [-0.4, -0.2) is 23.1 Å². The van der Waals surface area contributed by atoms with E-state index in [0.717, 1.165) is 0 Å². The molecule has 0 unspecified atom stereocenters. The van der Waals surface area contributed by atoms with Gasteiger partial charge in [0.15, 0.2) is 0 Å². The third-order valence-electron chi connectivity index (χ3n) is 1.20. The van der Waals surface area contributed by atoms with Crippen LogP contribution in [0.5, 0.6) is 0 Å². The maximum absolute atomic E-state index is 10.6. The summed E-state index contributed by atoms with van der Waals surface area (Å²) in [4.78, 5) is 31.9. The Morgan fingerprint density at radius 3 is 2.00 bits per heavy atom. The van der Waals surface area contributed by atoms with Crippen LogP contribution < -0.4 is 20.0 Å². The normalized spacial score (nSPS) is 10.8. The van der Waals surface area contributed by atoms with E-state index < -0.39 is 7.94 Å². The van der Waals surface area contributed by atoms with Crippen molar-refractivity contribution in [3.8, 4) is 0 Å². The van der Waals surface area contributed by atoms with E-state index in [9.17, 15) is 14.7 Å². The zero-order valence-electron chi connectivity index (χ0n) is 6.37. The van der Waals surface area contributed by atoms with E-state index in [1.54, 1.807) is 6.07 Å². The minimum atomic E-state index is -4.66. The second-order valence-electron chi connectivity index (χ2n) is 2.09. The zero-order chi connectivity index (χ0) is 9.35. The molecule has 0 heterocycles. The van der Waals surface area contributed by atoms with Crippen LogP contribution in [-0.2, 0) is 0 Å². The molecule has 1 rings (SSSR count). The van der Waals surface area contributed by atoms with Crippen molar-refractivity contribution in [3.05, 3.63) is 27.1 Å². The van der Waals surface area contributed by atoms with Crippen molar-refractivity contribution < 1.29 is 14.7 Å². The zero-order valence-corrected chi connectivity index (χ0v) is 11.8. The summed E-state index contributed by atoms with van der Waals surface area (Å²) < 4.78 is 0.853. The van der Waals surface area contributed by atoms with Gasteiger partial charge in [-0.3, -0.25) is 0 Å². The molecule has 0 spiro atoms. The van der Waals surface area contributed by atoms with Crippen LogP contribution in [0.4, 0.5) is 0 Å². The fraction of sp³-hybridized carbons (Fsp3) is 0. The summed E-state index contributed by atoms with van der Waals surface area (Å²) >= 11 is 6.04. The molecule has 1 aromatic rings. The largest absolute Gasteiger partial charge is 2.00 e. The average molecular weight is 338 g/mol. The van der Waals surface area contributed by atoms with Gasteiger partial charge in [0.05, 0.1) is 9.78 Å². The third kappa shape index (κ3) is 4.09. The molecule has 0 amide bonds. The Labute approximate surface area is 109 Å². The van der Waals surface area contributed by atoms with Crippen molar-refractivity contribution in [2.24, 2.45) is 0 Å². The number of rotatable bonds is 1. The molecule has 1 aromatic carbocycles. The fourth-order valence-electron chi connectivity index (χ4n) is 0.696. The molecule has 0 aliphatic carbocycles. The number of hydrogen-bond donors (Lipinski definition) is 0. The van der Waals surface area contributed by atoms with E-state index in [2.05, 4.69) is 31.9 Å². The van der Waals surface area contributed by atoms with Crippen molar-refractivity contribution in [2.75, 3.05) is 0 Å². The first-order valence-corrected chi connectivity index (χ1v) is 6.02. The minimum Gasteiger partial charge on any atom is -0.683 e. The molecule has 0 saturated heterocycles. The Hall–Kier alpha value is 1.26. The summed E-state index contributed by atoms with van der Waals surface area (Å²) in [5.74, 6) is 0. The van der Waals surface area contributed by atoms with Gasteiger partial charge in [-0.05, 0) is 34.1 Å². The SMILES string of the molecule is [Mg+2].[O-][P+]([O-])([O-])c1cc(Br)ccc1Br. The van der Waals surface area contributed by atoms with Crippen molar-refractivity contribution in [2.45, 2.75) is 0 Å². The molecule has 0 aliphatic rings. The van der Waals surface area contributed by atoms with Gasteiger partial charge in [0.25, 0.3) is 0 Å². The Morgan fingerprint density at radius 2 is 1.62 bits per heavy atom. The van der Waals surface area contributed by atoms with Crippen LogP contribution in [0, 0.1) is 0 Å². The fourth-order valence-corrected chi connectivity index (χ4v) is 2.77. The Kier molecular flexibility index (Phi) is 5.89. The van der Waals surface area contributed by atoms with E-state index in [4.69, 9.17) is 0 Å². The molecule has 0 aliphatic heterocycles. The van der Waals surface area contributed by atoms with Gasteiger partial charge >= 0.3 is 23.1 Å². The summed E-state index contributed by atoms with van der Waals surface area (Å²) in [5, 5.41) is -0.225. The second kappa shape index (κ2) is 5.37. The minimum absolute atomic E-state index is 0. The summed E-state index contributed by atoms with van der Waals surface area (Å²) in [7, 11) is -4.66. The molecule has 66 valence electrons. The summed E-state index contributed by atoms with van der Waals surface area (Å²) in [6.45, 7) is 0. The molecular weight excluding hydrogens is 335 g/mol. The predicted octanol–water partition coefficient (Wildman–Crippen LogP) is -0.700. The first kappa shape index (κ1) is 14.3. The molecular formula is C6H3Br2MgO3P. The average Bonchev–Trinajstić information content (AvgIpc) is 1.92. The third-order valence-corrected chi connectivity index (χ3v) is 3.65. The van der Waals surface area contributed by atoms with Crippen LogP contribution >= 0.6 is 39.8 Å². The van der Waals surface area contributed by atoms with E-state index in [0.29, 0.717) is 8.95 Å². The molecule has 0 aromatic heterocycles. The van der Waals surface area contributed by atoms with Crippen LogP contribution in [0.3, 0.4) is 0 Å². The Bertz CT molecular complexity index is 302. The quantitative estimate of drug-likeness (QED) is 0.502. The monoisotopic (exact) mass is 336 g/mol. The van der Waals surface area contributed by atoms with Crippen LogP contribution in [0.1, 0.15) is 0 Å². The molecule has 0 radical (unpaired) electrons. The standard InChI is InChI=1S/C6H5Br2O3P.Mg/c7-4-1-2-5(8)6(3-4)12(9,10)11;/h1-3H,(H2,9,10,11);/q;+2/p-2. The molecule has 0 N–H and O–H groups in total. The van der Waals surface area contributed by atoms with Gasteiger partial charge in [-0.1, -0.05) is 15.9 Å². The van der Waals surface area contributed by atoms with Crippen molar-refractivity contribution in [1.82, 2.24) is 0 Å². The predicted molar refractivity (Wildman–Crippen MR) is 54.2 cm³/mol. The maximum atomic E-state index is 10.6. The Morgan fingerprint density at radius 1 is 1.08 bits per heavy atom. The van der Waals surface area contributed by atoms with E-state index in [1.807, 2.05) is 0 Å². The molecule has 0 bridgehead atoms. The first-order chi connectivity index (χ1) is 5.41. The van der Waals surface area contributed by atoms with Crippen LogP contribution in [0.25, 0.3) is 0 Å². The molecule has 7 heteroatoms. The molecule has 3 nitrogen and oxygen atoms in total. The number of benzene rings is 1. The van der Waals surface area contributed by atoms with Gasteiger partial charge in [0.1, 0.15) is 0 Å². The first-order valence-electron chi connectivity index (χ1n) is 2.89. The maximum Gasteiger partial charge on any atom is 2.00 e. The van der Waals surface area contributed by atoms with E-state index in [-0.39, 0.29) is 28.4 Å². The van der Waals surface area contributed by atoms with Crippen molar-refractivity contribution >= 4 is 68.2 Å². The van der Waals surface area contributed by atoms with E-state index in [1.165, 1.54) is 12.1 Å².